The van der Waals surface area contributed by atoms with Gasteiger partial charge in [-0.05, 0) is 19.1 Å². The average Bonchev–Trinajstić information content (AvgIpc) is 2.99. The van der Waals surface area contributed by atoms with Crippen LogP contribution in [0.25, 0.3) is 22.6 Å². The smallest absolute Gasteiger partial charge is 0.320 e. The third-order valence-corrected chi connectivity index (χ3v) is 3.71. The van der Waals surface area contributed by atoms with Crippen molar-refractivity contribution < 1.29 is 4.79 Å². The highest BCUT2D eigenvalue weighted by Gasteiger charge is 2.08. The number of hydrogen-bond donors (Lipinski definition) is 2. The molecule has 0 aliphatic rings. The maximum Gasteiger partial charge on any atom is 0.320 e. The van der Waals surface area contributed by atoms with Crippen molar-refractivity contribution in [2.45, 2.75) is 6.92 Å². The van der Waals surface area contributed by atoms with Gasteiger partial charge in [0.2, 0.25) is 0 Å². The number of nitrogens with zero attached hydrogens (tertiary/aromatic N) is 4. The summed E-state index contributed by atoms with van der Waals surface area (Å²) in [5, 5.41) is 8.15. The molecule has 0 aliphatic carbocycles. The summed E-state index contributed by atoms with van der Waals surface area (Å²) in [6, 6.07) is 3.09. The van der Waals surface area contributed by atoms with E-state index in [4.69, 9.17) is 0 Å². The lowest BCUT2D eigenvalue weighted by Gasteiger charge is -2.06. The van der Waals surface area contributed by atoms with Gasteiger partial charge in [0.1, 0.15) is 22.7 Å². The predicted molar refractivity (Wildman–Crippen MR) is 90.4 cm³/mol. The minimum Gasteiger partial charge on any atom is -0.334 e. The van der Waals surface area contributed by atoms with E-state index >= 15 is 0 Å². The first kappa shape index (κ1) is 15.0. The molecule has 3 aromatic heterocycles. The Balaban J connectivity index is 1.88. The minimum absolute atomic E-state index is 0.351. The topological polar surface area (TPSA) is 92.7 Å². The molecule has 116 valence electrons. The molecule has 0 spiro atoms. The first-order valence-electron chi connectivity index (χ1n) is 6.88. The SMILES string of the molecule is C=CCNC(=O)Nc1ccc2ncc(-c3csc(C)n3)nc2n1. The Hall–Kier alpha value is -2.87. The highest BCUT2D eigenvalue weighted by Crippen LogP contribution is 2.21. The van der Waals surface area contributed by atoms with Gasteiger partial charge in [0, 0.05) is 11.9 Å². The molecular weight excluding hydrogens is 312 g/mol. The maximum absolute atomic E-state index is 11.6. The van der Waals surface area contributed by atoms with Gasteiger partial charge in [-0.1, -0.05) is 6.08 Å². The van der Waals surface area contributed by atoms with E-state index in [9.17, 15) is 4.79 Å². The zero-order valence-corrected chi connectivity index (χ0v) is 13.2. The minimum atomic E-state index is -0.351. The molecule has 0 aromatic carbocycles. The van der Waals surface area contributed by atoms with Gasteiger partial charge in [-0.15, -0.1) is 17.9 Å². The van der Waals surface area contributed by atoms with Gasteiger partial charge in [-0.2, -0.15) is 0 Å². The lowest BCUT2D eigenvalue weighted by molar-refractivity contribution is 0.253. The normalized spacial score (nSPS) is 10.5. The number of hydrogen-bond acceptors (Lipinski definition) is 6. The second-order valence-electron chi connectivity index (χ2n) is 4.67. The van der Waals surface area contributed by atoms with E-state index < -0.39 is 0 Å². The first-order chi connectivity index (χ1) is 11.2. The number of urea groups is 1. The van der Waals surface area contributed by atoms with Gasteiger partial charge < -0.3 is 5.32 Å². The second kappa shape index (κ2) is 6.49. The molecule has 3 heterocycles. The molecule has 23 heavy (non-hydrogen) atoms. The van der Waals surface area contributed by atoms with Crippen molar-refractivity contribution in [1.82, 2.24) is 25.3 Å². The number of fused-ring (bicyclic) bond motifs is 1. The summed E-state index contributed by atoms with van der Waals surface area (Å²) >= 11 is 1.55. The highest BCUT2D eigenvalue weighted by molar-refractivity contribution is 7.09. The number of pyridine rings is 1. The van der Waals surface area contributed by atoms with Gasteiger partial charge in [-0.25, -0.2) is 19.7 Å². The Labute approximate surface area is 136 Å². The summed E-state index contributed by atoms with van der Waals surface area (Å²) in [7, 11) is 0. The quantitative estimate of drug-likeness (QED) is 0.719. The van der Waals surface area contributed by atoms with Crippen molar-refractivity contribution >= 4 is 34.3 Å². The molecule has 0 radical (unpaired) electrons. The van der Waals surface area contributed by atoms with Crippen LogP contribution in [0.5, 0.6) is 0 Å². The van der Waals surface area contributed by atoms with Gasteiger partial charge >= 0.3 is 6.03 Å². The second-order valence-corrected chi connectivity index (χ2v) is 5.73. The fraction of sp³-hybridized carbons (Fsp3) is 0.133. The summed E-state index contributed by atoms with van der Waals surface area (Å²) in [5.41, 5.74) is 2.53. The average molecular weight is 326 g/mol. The largest absolute Gasteiger partial charge is 0.334 e. The Morgan fingerprint density at radius 3 is 2.91 bits per heavy atom. The van der Waals surface area contributed by atoms with Crippen molar-refractivity contribution in [1.29, 1.82) is 0 Å². The summed E-state index contributed by atoms with van der Waals surface area (Å²) in [5.74, 6) is 0.403. The summed E-state index contributed by atoms with van der Waals surface area (Å²) in [4.78, 5) is 29.2. The van der Waals surface area contributed by atoms with E-state index in [1.54, 1.807) is 35.7 Å². The summed E-state index contributed by atoms with van der Waals surface area (Å²) in [6.07, 6.45) is 3.27. The third kappa shape index (κ3) is 3.49. The summed E-state index contributed by atoms with van der Waals surface area (Å²) in [6.45, 7) is 5.86. The van der Waals surface area contributed by atoms with Crippen LogP contribution in [0.1, 0.15) is 5.01 Å². The molecule has 0 atom stereocenters. The number of thiazole rings is 1. The Morgan fingerprint density at radius 1 is 1.30 bits per heavy atom. The van der Waals surface area contributed by atoms with Crippen LogP contribution in [-0.2, 0) is 0 Å². The van der Waals surface area contributed by atoms with E-state index in [1.807, 2.05) is 12.3 Å². The van der Waals surface area contributed by atoms with E-state index in [0.717, 1.165) is 10.7 Å². The van der Waals surface area contributed by atoms with Crippen molar-refractivity contribution in [2.24, 2.45) is 0 Å². The van der Waals surface area contributed by atoms with E-state index in [0.29, 0.717) is 29.2 Å². The zero-order valence-electron chi connectivity index (χ0n) is 12.4. The summed E-state index contributed by atoms with van der Waals surface area (Å²) < 4.78 is 0. The molecule has 0 bridgehead atoms. The standard InChI is InChI=1S/C15H14N6OS/c1-3-6-16-15(22)21-13-5-4-10-14(20-13)19-11(7-17-10)12-8-23-9(2)18-12/h3-5,7-8H,1,6H2,2H3,(H2,16,19,20,21,22). The van der Waals surface area contributed by atoms with E-state index in [2.05, 4.69) is 37.1 Å². The van der Waals surface area contributed by atoms with Crippen molar-refractivity contribution in [3.05, 3.63) is 41.4 Å². The highest BCUT2D eigenvalue weighted by atomic mass is 32.1. The van der Waals surface area contributed by atoms with Crippen LogP contribution >= 0.6 is 11.3 Å². The van der Waals surface area contributed by atoms with Gasteiger partial charge in [0.05, 0.1) is 11.2 Å². The molecule has 0 saturated heterocycles. The molecule has 2 amide bonds. The molecule has 0 aliphatic heterocycles. The van der Waals surface area contributed by atoms with E-state index in [-0.39, 0.29) is 6.03 Å². The van der Waals surface area contributed by atoms with Crippen LogP contribution in [0, 0.1) is 6.92 Å². The number of carbonyl (C=O) groups excluding carboxylic acids is 1. The number of carbonyl (C=O) groups is 1. The lowest BCUT2D eigenvalue weighted by Crippen LogP contribution is -2.28. The number of aromatic nitrogens is 4. The molecule has 8 heteroatoms. The van der Waals surface area contributed by atoms with Crippen LogP contribution < -0.4 is 10.6 Å². The molecule has 7 nitrogen and oxygen atoms in total. The monoisotopic (exact) mass is 326 g/mol. The van der Waals surface area contributed by atoms with Crippen molar-refractivity contribution in [2.75, 3.05) is 11.9 Å². The number of rotatable bonds is 4. The predicted octanol–water partition coefficient (Wildman–Crippen LogP) is 2.76. The zero-order chi connectivity index (χ0) is 16.2. The molecule has 2 N–H and O–H groups in total. The van der Waals surface area contributed by atoms with Crippen LogP contribution in [0.3, 0.4) is 0 Å². The molecule has 3 rings (SSSR count). The fourth-order valence-corrected chi connectivity index (χ4v) is 2.50. The molecule has 3 aromatic rings. The van der Waals surface area contributed by atoms with Crippen molar-refractivity contribution in [3.63, 3.8) is 0 Å². The molecule has 0 saturated carbocycles. The number of anilines is 1. The van der Waals surface area contributed by atoms with Crippen LogP contribution in [0.15, 0.2) is 36.4 Å². The van der Waals surface area contributed by atoms with Gasteiger partial charge in [0.25, 0.3) is 0 Å². The van der Waals surface area contributed by atoms with Crippen LogP contribution in [0.2, 0.25) is 0 Å². The van der Waals surface area contributed by atoms with Crippen LogP contribution in [-0.4, -0.2) is 32.5 Å². The molecule has 0 unspecified atom stereocenters. The fourth-order valence-electron chi connectivity index (χ4n) is 1.90. The van der Waals surface area contributed by atoms with Crippen LogP contribution in [0.4, 0.5) is 10.6 Å². The number of amides is 2. The van der Waals surface area contributed by atoms with Crippen molar-refractivity contribution in [3.8, 4) is 11.4 Å². The lowest BCUT2D eigenvalue weighted by atomic mass is 10.3. The third-order valence-electron chi connectivity index (χ3n) is 2.94. The van der Waals surface area contributed by atoms with E-state index in [1.165, 1.54) is 0 Å². The Bertz CT molecular complexity index is 875. The Kier molecular flexibility index (Phi) is 4.24. The van der Waals surface area contributed by atoms with Gasteiger partial charge in [-0.3, -0.25) is 10.3 Å². The Morgan fingerprint density at radius 2 is 2.17 bits per heavy atom. The molecule has 0 fully saturated rings. The first-order valence-corrected chi connectivity index (χ1v) is 7.76. The maximum atomic E-state index is 11.6. The molecular formula is C15H14N6OS. The number of nitrogens with one attached hydrogen (secondary N) is 2. The number of aryl methyl sites for hydroxylation is 1. The van der Waals surface area contributed by atoms with Gasteiger partial charge in [0.15, 0.2) is 5.65 Å².